The van der Waals surface area contributed by atoms with Crippen LogP contribution in [0.15, 0.2) is 0 Å². The molecule has 0 bridgehead atoms. The SMILES string of the molecule is Cc1nc([N+](=O)[O-])n(CCO)c1N1CCCCC1. The van der Waals surface area contributed by atoms with Gasteiger partial charge < -0.3 is 20.1 Å². The van der Waals surface area contributed by atoms with Crippen molar-refractivity contribution in [3.8, 4) is 0 Å². The van der Waals surface area contributed by atoms with Gasteiger partial charge in [-0.25, -0.2) is 4.57 Å². The minimum absolute atomic E-state index is 0.128. The summed E-state index contributed by atoms with van der Waals surface area (Å²) in [6.45, 7) is 3.66. The van der Waals surface area contributed by atoms with Crippen LogP contribution in [0.4, 0.5) is 11.8 Å². The monoisotopic (exact) mass is 254 g/mol. The first-order chi connectivity index (χ1) is 8.65. The number of imidazole rings is 1. The van der Waals surface area contributed by atoms with E-state index in [9.17, 15) is 10.1 Å². The highest BCUT2D eigenvalue weighted by atomic mass is 16.6. The number of aromatic nitrogens is 2. The molecule has 0 atom stereocenters. The first-order valence-electron chi connectivity index (χ1n) is 6.22. The lowest BCUT2D eigenvalue weighted by Gasteiger charge is -2.27. The van der Waals surface area contributed by atoms with Gasteiger partial charge in [-0.3, -0.25) is 0 Å². The fourth-order valence-electron chi connectivity index (χ4n) is 2.50. The van der Waals surface area contributed by atoms with Crippen LogP contribution in [0.5, 0.6) is 0 Å². The smallest absolute Gasteiger partial charge is 0.393 e. The number of piperidine rings is 1. The van der Waals surface area contributed by atoms with Crippen LogP contribution in [0.3, 0.4) is 0 Å². The number of hydrogen-bond donors (Lipinski definition) is 1. The van der Waals surface area contributed by atoms with E-state index in [0.717, 1.165) is 31.7 Å². The Morgan fingerprint density at radius 3 is 2.61 bits per heavy atom. The molecule has 1 aromatic rings. The molecule has 2 rings (SSSR count). The van der Waals surface area contributed by atoms with E-state index in [4.69, 9.17) is 5.11 Å². The molecule has 100 valence electrons. The highest BCUT2D eigenvalue weighted by Gasteiger charge is 2.29. The number of aliphatic hydroxyl groups is 1. The fourth-order valence-corrected chi connectivity index (χ4v) is 2.50. The van der Waals surface area contributed by atoms with Crippen LogP contribution in [-0.4, -0.2) is 39.3 Å². The number of aliphatic hydroxyl groups excluding tert-OH is 1. The van der Waals surface area contributed by atoms with Crippen molar-refractivity contribution in [3.63, 3.8) is 0 Å². The first-order valence-corrected chi connectivity index (χ1v) is 6.22. The normalized spacial score (nSPS) is 16.0. The second-order valence-electron chi connectivity index (χ2n) is 4.50. The molecule has 1 aromatic heterocycles. The molecule has 1 saturated heterocycles. The Morgan fingerprint density at radius 2 is 2.06 bits per heavy atom. The summed E-state index contributed by atoms with van der Waals surface area (Å²) in [5.41, 5.74) is 0.664. The van der Waals surface area contributed by atoms with Gasteiger partial charge in [0.15, 0.2) is 5.69 Å². The Hall–Kier alpha value is -1.63. The van der Waals surface area contributed by atoms with Crippen LogP contribution in [0.2, 0.25) is 0 Å². The number of rotatable bonds is 4. The molecule has 0 aliphatic carbocycles. The van der Waals surface area contributed by atoms with E-state index in [1.54, 1.807) is 6.92 Å². The largest absolute Gasteiger partial charge is 0.436 e. The van der Waals surface area contributed by atoms with Crippen molar-refractivity contribution in [1.82, 2.24) is 9.55 Å². The maximum absolute atomic E-state index is 11.0. The van der Waals surface area contributed by atoms with E-state index in [0.29, 0.717) is 5.69 Å². The molecule has 1 N–H and O–H groups in total. The third kappa shape index (κ3) is 2.31. The van der Waals surface area contributed by atoms with Gasteiger partial charge in [0, 0.05) is 13.1 Å². The van der Waals surface area contributed by atoms with Gasteiger partial charge in [-0.05, 0) is 31.1 Å². The van der Waals surface area contributed by atoms with Gasteiger partial charge in [0.05, 0.1) is 13.2 Å². The number of anilines is 1. The lowest BCUT2D eigenvalue weighted by molar-refractivity contribution is -0.396. The molecule has 7 nitrogen and oxygen atoms in total. The van der Waals surface area contributed by atoms with Crippen molar-refractivity contribution in [3.05, 3.63) is 15.8 Å². The van der Waals surface area contributed by atoms with Crippen molar-refractivity contribution in [2.75, 3.05) is 24.6 Å². The molecule has 0 unspecified atom stereocenters. The van der Waals surface area contributed by atoms with Gasteiger partial charge in [-0.1, -0.05) is 4.98 Å². The quantitative estimate of drug-likeness (QED) is 0.642. The highest BCUT2D eigenvalue weighted by molar-refractivity contribution is 5.49. The highest BCUT2D eigenvalue weighted by Crippen LogP contribution is 2.28. The molecular formula is C11H18N4O3. The molecule has 0 saturated carbocycles. The minimum atomic E-state index is -0.490. The molecule has 2 heterocycles. The van der Waals surface area contributed by atoms with Crippen molar-refractivity contribution < 1.29 is 10.0 Å². The van der Waals surface area contributed by atoms with E-state index < -0.39 is 4.92 Å². The Bertz CT molecular complexity index is 438. The third-order valence-corrected chi connectivity index (χ3v) is 3.23. The summed E-state index contributed by atoms with van der Waals surface area (Å²) in [5.74, 6) is 0.609. The van der Waals surface area contributed by atoms with Crippen LogP contribution in [0, 0.1) is 17.0 Å². The third-order valence-electron chi connectivity index (χ3n) is 3.23. The van der Waals surface area contributed by atoms with Crippen LogP contribution in [-0.2, 0) is 6.54 Å². The summed E-state index contributed by atoms with van der Waals surface area (Å²) >= 11 is 0. The molecule has 7 heteroatoms. The van der Waals surface area contributed by atoms with Crippen LogP contribution in [0.1, 0.15) is 25.0 Å². The van der Waals surface area contributed by atoms with E-state index in [1.807, 2.05) is 0 Å². The van der Waals surface area contributed by atoms with E-state index in [2.05, 4.69) is 9.88 Å². The second-order valence-corrected chi connectivity index (χ2v) is 4.50. The number of aryl methyl sites for hydroxylation is 1. The molecule has 0 spiro atoms. The molecule has 0 radical (unpaired) electrons. The second kappa shape index (κ2) is 5.34. The van der Waals surface area contributed by atoms with E-state index in [-0.39, 0.29) is 19.1 Å². The molecule has 0 amide bonds. The van der Waals surface area contributed by atoms with Gasteiger partial charge in [0.25, 0.3) is 0 Å². The molecule has 1 fully saturated rings. The summed E-state index contributed by atoms with van der Waals surface area (Å²) in [5, 5.41) is 20.0. The summed E-state index contributed by atoms with van der Waals surface area (Å²) in [7, 11) is 0. The van der Waals surface area contributed by atoms with Gasteiger partial charge >= 0.3 is 5.95 Å². The average molecular weight is 254 g/mol. The first kappa shape index (κ1) is 12.8. The topological polar surface area (TPSA) is 84.4 Å². The lowest BCUT2D eigenvalue weighted by Crippen LogP contribution is -2.32. The maximum Gasteiger partial charge on any atom is 0.436 e. The summed E-state index contributed by atoms with van der Waals surface area (Å²) in [4.78, 5) is 16.6. The number of nitrogens with zero attached hydrogens (tertiary/aromatic N) is 4. The lowest BCUT2D eigenvalue weighted by atomic mass is 10.1. The maximum atomic E-state index is 11.0. The Labute approximate surface area is 105 Å². The van der Waals surface area contributed by atoms with Crippen molar-refractivity contribution in [1.29, 1.82) is 0 Å². The van der Waals surface area contributed by atoms with E-state index >= 15 is 0 Å². The number of nitro groups is 1. The Morgan fingerprint density at radius 1 is 1.39 bits per heavy atom. The molecule has 1 aliphatic rings. The van der Waals surface area contributed by atoms with Crippen molar-refractivity contribution in [2.45, 2.75) is 32.7 Å². The zero-order valence-electron chi connectivity index (χ0n) is 10.5. The molecular weight excluding hydrogens is 236 g/mol. The predicted molar refractivity (Wildman–Crippen MR) is 66.8 cm³/mol. The predicted octanol–water partition coefficient (Wildman–Crippen LogP) is 1.08. The minimum Gasteiger partial charge on any atom is -0.393 e. The van der Waals surface area contributed by atoms with Gasteiger partial charge in [0.2, 0.25) is 5.82 Å². The van der Waals surface area contributed by atoms with Crippen molar-refractivity contribution >= 4 is 11.8 Å². The fraction of sp³-hybridized carbons (Fsp3) is 0.727. The van der Waals surface area contributed by atoms with Gasteiger partial charge in [0.1, 0.15) is 0 Å². The molecule has 1 aliphatic heterocycles. The van der Waals surface area contributed by atoms with Crippen LogP contribution < -0.4 is 4.90 Å². The van der Waals surface area contributed by atoms with Crippen molar-refractivity contribution in [2.24, 2.45) is 0 Å². The van der Waals surface area contributed by atoms with Crippen LogP contribution in [0.25, 0.3) is 0 Å². The summed E-state index contributed by atoms with van der Waals surface area (Å²) in [6.07, 6.45) is 3.39. The molecule has 0 aromatic carbocycles. The van der Waals surface area contributed by atoms with E-state index in [1.165, 1.54) is 11.0 Å². The van der Waals surface area contributed by atoms with Gasteiger partial charge in [-0.2, -0.15) is 0 Å². The standard InChI is InChI=1S/C11H18N4O3/c1-9-10(13-5-3-2-4-6-13)14(7-8-16)11(12-9)15(17)18/h16H,2-8H2,1H3. The average Bonchev–Trinajstić information content (AvgIpc) is 2.68. The summed E-state index contributed by atoms with van der Waals surface area (Å²) < 4.78 is 1.51. The number of hydrogen-bond acceptors (Lipinski definition) is 5. The van der Waals surface area contributed by atoms with Crippen LogP contribution >= 0.6 is 0 Å². The Balaban J connectivity index is 2.40. The zero-order chi connectivity index (χ0) is 13.1. The summed E-state index contributed by atoms with van der Waals surface area (Å²) in [6, 6.07) is 0. The van der Waals surface area contributed by atoms with Gasteiger partial charge in [-0.15, -0.1) is 0 Å². The molecule has 18 heavy (non-hydrogen) atoms. The zero-order valence-corrected chi connectivity index (χ0v) is 10.5. The Kier molecular flexibility index (Phi) is 3.81.